The van der Waals surface area contributed by atoms with Crippen molar-refractivity contribution in [1.29, 1.82) is 0 Å². The first kappa shape index (κ1) is 18.6. The second-order valence-electron chi connectivity index (χ2n) is 6.76. The van der Waals surface area contributed by atoms with Gasteiger partial charge >= 0.3 is 0 Å². The van der Waals surface area contributed by atoms with Crippen LogP contribution in [0.1, 0.15) is 22.5 Å². The molecule has 146 valence electrons. The van der Waals surface area contributed by atoms with Crippen LogP contribution in [0, 0.1) is 0 Å². The first-order valence-corrected chi connectivity index (χ1v) is 10.3. The Bertz CT molecular complexity index is 1080. The minimum Gasteiger partial charge on any atom is -0.449 e. The van der Waals surface area contributed by atoms with Gasteiger partial charge in [0, 0.05) is 37.3 Å². The van der Waals surface area contributed by atoms with Crippen molar-refractivity contribution in [3.63, 3.8) is 0 Å². The summed E-state index contributed by atoms with van der Waals surface area (Å²) in [4.78, 5) is 16.5. The van der Waals surface area contributed by atoms with E-state index in [1.165, 1.54) is 4.31 Å². The number of nitrogens with zero attached hydrogens (tertiary/aromatic N) is 2. The van der Waals surface area contributed by atoms with E-state index >= 15 is 0 Å². The van der Waals surface area contributed by atoms with Gasteiger partial charge < -0.3 is 15.5 Å². The number of fused-ring (bicyclic) bond motifs is 1. The average Bonchev–Trinajstić information content (AvgIpc) is 3.33. The summed E-state index contributed by atoms with van der Waals surface area (Å²) < 4.78 is 32.1. The van der Waals surface area contributed by atoms with Gasteiger partial charge in [-0.25, -0.2) is 8.42 Å². The van der Waals surface area contributed by atoms with E-state index in [2.05, 4.69) is 10.3 Å². The van der Waals surface area contributed by atoms with Crippen molar-refractivity contribution in [3.05, 3.63) is 60.1 Å². The Hall–Kier alpha value is -2.75. The van der Waals surface area contributed by atoms with E-state index in [1.807, 2.05) is 0 Å². The molecule has 0 spiro atoms. The van der Waals surface area contributed by atoms with E-state index in [9.17, 15) is 13.2 Å². The summed E-state index contributed by atoms with van der Waals surface area (Å²) in [5, 5.41) is 3.57. The molecule has 1 amide bonds. The van der Waals surface area contributed by atoms with Gasteiger partial charge in [-0.2, -0.15) is 4.31 Å². The number of furan rings is 1. The zero-order valence-electron chi connectivity index (χ0n) is 15.0. The molecule has 3 heterocycles. The molecular weight excluding hydrogens is 380 g/mol. The van der Waals surface area contributed by atoms with Gasteiger partial charge in [-0.05, 0) is 36.2 Å². The van der Waals surface area contributed by atoms with E-state index in [-0.39, 0.29) is 29.1 Å². The van der Waals surface area contributed by atoms with Crippen LogP contribution in [0.3, 0.4) is 0 Å². The number of benzene rings is 1. The third-order valence-electron chi connectivity index (χ3n) is 4.75. The Balaban J connectivity index is 1.41. The number of carbonyl (C=O) groups is 1. The molecule has 3 aromatic rings. The SMILES string of the molecule is N[C@H]1CCN(S(=O)(=O)c2ccc(CNC(=O)c3cc4ccncc4o3)cc2)C1. The summed E-state index contributed by atoms with van der Waals surface area (Å²) in [7, 11) is -3.53. The second-order valence-corrected chi connectivity index (χ2v) is 8.70. The van der Waals surface area contributed by atoms with Crippen molar-refractivity contribution in [1.82, 2.24) is 14.6 Å². The third kappa shape index (κ3) is 3.64. The number of nitrogens with one attached hydrogen (secondary N) is 1. The largest absolute Gasteiger partial charge is 0.449 e. The van der Waals surface area contributed by atoms with Crippen molar-refractivity contribution < 1.29 is 17.6 Å². The Morgan fingerprint density at radius 3 is 2.75 bits per heavy atom. The van der Waals surface area contributed by atoms with E-state index in [1.54, 1.807) is 48.8 Å². The molecule has 0 bridgehead atoms. The van der Waals surface area contributed by atoms with Crippen LogP contribution in [0.5, 0.6) is 0 Å². The predicted octanol–water partition coefficient (Wildman–Crippen LogP) is 1.48. The minimum atomic E-state index is -3.53. The quantitative estimate of drug-likeness (QED) is 0.670. The topological polar surface area (TPSA) is 119 Å². The molecule has 3 N–H and O–H groups in total. The van der Waals surface area contributed by atoms with Gasteiger partial charge in [-0.15, -0.1) is 0 Å². The highest BCUT2D eigenvalue weighted by molar-refractivity contribution is 7.89. The molecule has 0 saturated carbocycles. The number of aromatic nitrogens is 1. The normalized spacial score (nSPS) is 17.8. The van der Waals surface area contributed by atoms with Crippen LogP contribution in [0.25, 0.3) is 11.0 Å². The predicted molar refractivity (Wildman–Crippen MR) is 103 cm³/mol. The van der Waals surface area contributed by atoms with Crippen molar-refractivity contribution in [2.24, 2.45) is 5.73 Å². The van der Waals surface area contributed by atoms with Gasteiger partial charge in [0.15, 0.2) is 11.3 Å². The number of rotatable bonds is 5. The van der Waals surface area contributed by atoms with Crippen molar-refractivity contribution in [2.75, 3.05) is 13.1 Å². The van der Waals surface area contributed by atoms with Crippen molar-refractivity contribution >= 4 is 26.9 Å². The number of carbonyl (C=O) groups excluding carboxylic acids is 1. The Kier molecular flexibility index (Phi) is 4.88. The fourth-order valence-electron chi connectivity index (χ4n) is 3.17. The monoisotopic (exact) mass is 400 g/mol. The Morgan fingerprint density at radius 2 is 2.07 bits per heavy atom. The highest BCUT2D eigenvalue weighted by Gasteiger charge is 2.30. The molecule has 1 atom stereocenters. The molecule has 28 heavy (non-hydrogen) atoms. The molecule has 1 aliphatic heterocycles. The molecule has 2 aromatic heterocycles. The van der Waals surface area contributed by atoms with Crippen LogP contribution in [0.4, 0.5) is 0 Å². The average molecular weight is 400 g/mol. The lowest BCUT2D eigenvalue weighted by Gasteiger charge is -2.16. The van der Waals surface area contributed by atoms with Gasteiger partial charge in [0.2, 0.25) is 10.0 Å². The molecule has 1 aromatic carbocycles. The van der Waals surface area contributed by atoms with Gasteiger partial charge in [-0.3, -0.25) is 9.78 Å². The number of sulfonamides is 1. The number of hydrogen-bond acceptors (Lipinski definition) is 6. The van der Waals surface area contributed by atoms with E-state index in [0.29, 0.717) is 25.1 Å². The summed E-state index contributed by atoms with van der Waals surface area (Å²) in [6.45, 7) is 1.03. The lowest BCUT2D eigenvalue weighted by molar-refractivity contribution is 0.0925. The highest BCUT2D eigenvalue weighted by atomic mass is 32.2. The van der Waals surface area contributed by atoms with Gasteiger partial charge in [-0.1, -0.05) is 12.1 Å². The smallest absolute Gasteiger partial charge is 0.287 e. The maximum atomic E-state index is 12.6. The zero-order valence-corrected chi connectivity index (χ0v) is 15.9. The maximum absolute atomic E-state index is 12.6. The molecule has 1 fully saturated rings. The van der Waals surface area contributed by atoms with E-state index < -0.39 is 10.0 Å². The van der Waals surface area contributed by atoms with Crippen molar-refractivity contribution in [2.45, 2.75) is 23.9 Å². The van der Waals surface area contributed by atoms with Gasteiger partial charge in [0.25, 0.3) is 5.91 Å². The summed E-state index contributed by atoms with van der Waals surface area (Å²) in [5.41, 5.74) is 7.13. The molecular formula is C19H20N4O4S. The highest BCUT2D eigenvalue weighted by Crippen LogP contribution is 2.21. The number of hydrogen-bond donors (Lipinski definition) is 2. The first-order valence-electron chi connectivity index (χ1n) is 8.90. The minimum absolute atomic E-state index is 0.113. The Labute approximate surface area is 162 Å². The molecule has 4 rings (SSSR count). The van der Waals surface area contributed by atoms with Crippen LogP contribution >= 0.6 is 0 Å². The standard InChI is InChI=1S/C19H20N4O4S/c20-15-6-8-23(12-15)28(25,26)16-3-1-13(2-4-16)10-22-19(24)17-9-14-5-7-21-11-18(14)27-17/h1-5,7,9,11,15H,6,8,10,12,20H2,(H,22,24)/t15-/m0/s1. The van der Waals surface area contributed by atoms with E-state index in [4.69, 9.17) is 10.2 Å². The van der Waals surface area contributed by atoms with Crippen LogP contribution in [0.2, 0.25) is 0 Å². The van der Waals surface area contributed by atoms with Crippen LogP contribution < -0.4 is 11.1 Å². The molecule has 9 heteroatoms. The van der Waals surface area contributed by atoms with Crippen LogP contribution in [-0.4, -0.2) is 42.7 Å². The lowest BCUT2D eigenvalue weighted by Crippen LogP contribution is -2.32. The van der Waals surface area contributed by atoms with Gasteiger partial charge in [0.1, 0.15) is 0 Å². The molecule has 0 unspecified atom stereocenters. The fraction of sp³-hybridized carbons (Fsp3) is 0.263. The Morgan fingerprint density at radius 1 is 1.29 bits per heavy atom. The van der Waals surface area contributed by atoms with Gasteiger partial charge in [0.05, 0.1) is 11.1 Å². The number of amides is 1. The molecule has 0 aliphatic carbocycles. The molecule has 1 saturated heterocycles. The summed E-state index contributed by atoms with van der Waals surface area (Å²) in [5.74, 6) is -0.147. The molecule has 1 aliphatic rings. The lowest BCUT2D eigenvalue weighted by atomic mass is 10.2. The number of nitrogens with two attached hydrogens (primary N) is 1. The first-order chi connectivity index (χ1) is 13.4. The third-order valence-corrected chi connectivity index (χ3v) is 6.63. The molecule has 8 nitrogen and oxygen atoms in total. The van der Waals surface area contributed by atoms with Crippen molar-refractivity contribution in [3.8, 4) is 0 Å². The number of pyridine rings is 1. The summed E-state index contributed by atoms with van der Waals surface area (Å²) >= 11 is 0. The van der Waals surface area contributed by atoms with E-state index in [0.717, 1.165) is 10.9 Å². The van der Waals surface area contributed by atoms with Crippen LogP contribution in [0.15, 0.2) is 58.1 Å². The second kappa shape index (κ2) is 7.34. The zero-order chi connectivity index (χ0) is 19.7. The fourth-order valence-corrected chi connectivity index (χ4v) is 4.68. The molecule has 0 radical (unpaired) electrons. The van der Waals surface area contributed by atoms with Crippen LogP contribution in [-0.2, 0) is 16.6 Å². The summed E-state index contributed by atoms with van der Waals surface area (Å²) in [6, 6.07) is 9.78. The maximum Gasteiger partial charge on any atom is 0.287 e. The summed E-state index contributed by atoms with van der Waals surface area (Å²) in [6.07, 6.45) is 3.85.